The van der Waals surface area contributed by atoms with Crippen LogP contribution < -0.4 is 10.2 Å². The average Bonchev–Trinajstić information content (AvgIpc) is 3.10. The number of rotatable bonds is 3. The number of thiophene rings is 1. The van der Waals surface area contributed by atoms with Crippen LogP contribution in [0.15, 0.2) is 24.3 Å². The fourth-order valence-electron chi connectivity index (χ4n) is 4.59. The number of fused-ring (bicyclic) bond motifs is 1. The van der Waals surface area contributed by atoms with Crippen LogP contribution in [-0.4, -0.2) is 48.8 Å². The number of methoxy groups -OCH3 is 1. The van der Waals surface area contributed by atoms with Crippen LogP contribution in [0.5, 0.6) is 0 Å². The Balaban J connectivity index is 1.48. The minimum Gasteiger partial charge on any atom is -0.465 e. The zero-order valence-corrected chi connectivity index (χ0v) is 20.4. The maximum atomic E-state index is 12.6. The molecule has 2 unspecified atom stereocenters. The summed E-state index contributed by atoms with van der Waals surface area (Å²) in [5.74, 6) is 0.377. The summed E-state index contributed by atoms with van der Waals surface area (Å²) in [6.07, 6.45) is 3.05. The topological polar surface area (TPSA) is 44.8 Å². The Kier molecular flexibility index (Phi) is 6.53. The van der Waals surface area contributed by atoms with Gasteiger partial charge in [0.05, 0.1) is 12.7 Å². The number of thiocarbonyl (C=S) groups is 1. The molecule has 1 aromatic carbocycles. The van der Waals surface area contributed by atoms with E-state index in [1.54, 1.807) is 11.3 Å². The number of nitrogens with one attached hydrogen (secondary N) is 1. The molecule has 2 atom stereocenters. The molecule has 4 rings (SSSR count). The summed E-state index contributed by atoms with van der Waals surface area (Å²) in [4.78, 5) is 18.5. The first kappa shape index (κ1) is 22.1. The van der Waals surface area contributed by atoms with E-state index in [9.17, 15) is 4.79 Å². The first-order valence-corrected chi connectivity index (χ1v) is 12.2. The number of hydrogen-bond donors (Lipinski definition) is 1. The highest BCUT2D eigenvalue weighted by Gasteiger charge is 2.30. The van der Waals surface area contributed by atoms with Crippen LogP contribution in [0, 0.1) is 12.8 Å². The highest BCUT2D eigenvalue weighted by Crippen LogP contribution is 2.40. The van der Waals surface area contributed by atoms with Crippen molar-refractivity contribution in [2.45, 2.75) is 46.1 Å². The maximum absolute atomic E-state index is 12.6. The zero-order chi connectivity index (χ0) is 22.1. The quantitative estimate of drug-likeness (QED) is 0.524. The molecule has 1 aliphatic heterocycles. The normalized spacial score (nSPS) is 20.9. The molecule has 2 heterocycles. The number of carbonyl (C=O) groups is 1. The van der Waals surface area contributed by atoms with E-state index in [0.717, 1.165) is 49.5 Å². The number of aryl methyl sites for hydroxylation is 1. The van der Waals surface area contributed by atoms with Crippen molar-refractivity contribution in [3.63, 3.8) is 0 Å². The number of esters is 1. The molecule has 2 aliphatic rings. The van der Waals surface area contributed by atoms with E-state index in [0.29, 0.717) is 22.6 Å². The van der Waals surface area contributed by atoms with Gasteiger partial charge in [-0.1, -0.05) is 24.6 Å². The first-order chi connectivity index (χ1) is 14.9. The second-order valence-corrected chi connectivity index (χ2v) is 10.3. The van der Waals surface area contributed by atoms with Crippen molar-refractivity contribution in [3.8, 4) is 0 Å². The molecule has 0 radical (unpaired) electrons. The minimum absolute atomic E-state index is 0.269. The molecule has 0 saturated carbocycles. The molecule has 0 bridgehead atoms. The summed E-state index contributed by atoms with van der Waals surface area (Å²) >= 11 is 7.44. The van der Waals surface area contributed by atoms with Crippen molar-refractivity contribution in [3.05, 3.63) is 45.8 Å². The van der Waals surface area contributed by atoms with Gasteiger partial charge in [0.25, 0.3) is 0 Å². The smallest absolute Gasteiger partial charge is 0.341 e. The Morgan fingerprint density at radius 1 is 1.23 bits per heavy atom. The predicted octanol–water partition coefficient (Wildman–Crippen LogP) is 4.88. The van der Waals surface area contributed by atoms with Crippen molar-refractivity contribution in [2.24, 2.45) is 5.92 Å². The van der Waals surface area contributed by atoms with Gasteiger partial charge in [-0.3, -0.25) is 0 Å². The van der Waals surface area contributed by atoms with Gasteiger partial charge < -0.3 is 19.9 Å². The summed E-state index contributed by atoms with van der Waals surface area (Å²) < 4.78 is 5.11. The molecule has 5 nitrogen and oxygen atoms in total. The number of anilines is 2. The number of nitrogens with zero attached hydrogens (tertiary/aromatic N) is 2. The lowest BCUT2D eigenvalue weighted by Gasteiger charge is -2.42. The van der Waals surface area contributed by atoms with Gasteiger partial charge in [-0.15, -0.1) is 11.3 Å². The van der Waals surface area contributed by atoms with E-state index >= 15 is 0 Å². The van der Waals surface area contributed by atoms with Gasteiger partial charge in [-0.25, -0.2) is 4.79 Å². The maximum Gasteiger partial charge on any atom is 0.341 e. The molecule has 0 spiro atoms. The Morgan fingerprint density at radius 3 is 2.65 bits per heavy atom. The standard InChI is InChI=1S/C24H31N3O2S2/c1-15-5-8-18(9-6-15)27-12-11-26(14-17(27)3)24(30)25-22-21(23(28)29-4)19-10-7-16(2)13-20(19)31-22/h5-6,8-9,16-17H,7,10-14H2,1-4H3,(H,25,30). The van der Waals surface area contributed by atoms with Gasteiger partial charge in [-0.05, 0) is 68.9 Å². The molecule has 31 heavy (non-hydrogen) atoms. The summed E-state index contributed by atoms with van der Waals surface area (Å²) in [5.41, 5.74) is 4.36. The highest BCUT2D eigenvalue weighted by molar-refractivity contribution is 7.80. The van der Waals surface area contributed by atoms with Gasteiger partial charge in [0, 0.05) is 36.2 Å². The fourth-order valence-corrected chi connectivity index (χ4v) is 6.33. The van der Waals surface area contributed by atoms with Gasteiger partial charge in [0.15, 0.2) is 5.11 Å². The average molecular weight is 458 g/mol. The van der Waals surface area contributed by atoms with Crippen LogP contribution in [0.4, 0.5) is 10.7 Å². The third-order valence-corrected chi connectivity index (χ3v) is 7.93. The van der Waals surface area contributed by atoms with Crippen LogP contribution in [0.3, 0.4) is 0 Å². The SMILES string of the molecule is COC(=O)c1c(NC(=S)N2CCN(c3ccc(C)cc3)C(C)C2)sc2c1CCC(C)C2. The van der Waals surface area contributed by atoms with Gasteiger partial charge >= 0.3 is 5.97 Å². The van der Waals surface area contributed by atoms with E-state index < -0.39 is 0 Å². The number of hydrogen-bond acceptors (Lipinski definition) is 5. The molecule has 1 saturated heterocycles. The summed E-state index contributed by atoms with van der Waals surface area (Å²) in [6.45, 7) is 9.22. The van der Waals surface area contributed by atoms with Crippen LogP contribution in [-0.2, 0) is 17.6 Å². The van der Waals surface area contributed by atoms with E-state index in [-0.39, 0.29) is 5.97 Å². The van der Waals surface area contributed by atoms with Gasteiger partial charge in [-0.2, -0.15) is 0 Å². The number of piperazine rings is 1. The monoisotopic (exact) mass is 457 g/mol. The molecular weight excluding hydrogens is 426 g/mol. The van der Waals surface area contributed by atoms with Crippen molar-refractivity contribution in [1.82, 2.24) is 4.90 Å². The van der Waals surface area contributed by atoms with Crippen molar-refractivity contribution < 1.29 is 9.53 Å². The van der Waals surface area contributed by atoms with E-state index in [1.165, 1.54) is 23.2 Å². The van der Waals surface area contributed by atoms with E-state index in [1.807, 2.05) is 0 Å². The predicted molar refractivity (Wildman–Crippen MR) is 133 cm³/mol. The summed E-state index contributed by atoms with van der Waals surface area (Å²) in [7, 11) is 1.45. The van der Waals surface area contributed by atoms with Crippen LogP contribution in [0.1, 0.15) is 46.6 Å². The van der Waals surface area contributed by atoms with Crippen LogP contribution >= 0.6 is 23.6 Å². The Morgan fingerprint density at radius 2 is 1.97 bits per heavy atom. The second-order valence-electron chi connectivity index (χ2n) is 8.80. The van der Waals surface area contributed by atoms with Gasteiger partial charge in [0.2, 0.25) is 0 Å². The molecule has 1 fully saturated rings. The molecule has 1 aromatic heterocycles. The van der Waals surface area contributed by atoms with Crippen molar-refractivity contribution >= 4 is 45.3 Å². The fraction of sp³-hybridized carbons (Fsp3) is 0.500. The Hall–Kier alpha value is -2.12. The largest absolute Gasteiger partial charge is 0.465 e. The number of benzene rings is 1. The third-order valence-electron chi connectivity index (χ3n) is 6.40. The molecule has 2 aromatic rings. The molecule has 1 N–H and O–H groups in total. The number of carbonyl (C=O) groups excluding carboxylic acids is 1. The van der Waals surface area contributed by atoms with Gasteiger partial charge in [0.1, 0.15) is 5.00 Å². The molecule has 166 valence electrons. The molecule has 0 amide bonds. The molecule has 7 heteroatoms. The second kappa shape index (κ2) is 9.17. The number of ether oxygens (including phenoxy) is 1. The lowest BCUT2D eigenvalue weighted by molar-refractivity contribution is 0.0601. The summed E-state index contributed by atoms with van der Waals surface area (Å²) in [6, 6.07) is 9.05. The molecule has 1 aliphatic carbocycles. The van der Waals surface area contributed by atoms with E-state index in [2.05, 4.69) is 60.2 Å². The Labute approximate surface area is 194 Å². The summed E-state index contributed by atoms with van der Waals surface area (Å²) in [5, 5.41) is 4.93. The first-order valence-electron chi connectivity index (χ1n) is 11.0. The highest BCUT2D eigenvalue weighted by atomic mass is 32.1. The third kappa shape index (κ3) is 4.58. The molecular formula is C24H31N3O2S2. The van der Waals surface area contributed by atoms with E-state index in [4.69, 9.17) is 17.0 Å². The van der Waals surface area contributed by atoms with Crippen molar-refractivity contribution in [2.75, 3.05) is 37.0 Å². The minimum atomic E-state index is -0.269. The van der Waals surface area contributed by atoms with Crippen LogP contribution in [0.2, 0.25) is 0 Å². The lowest BCUT2D eigenvalue weighted by Crippen LogP contribution is -2.54. The lowest BCUT2D eigenvalue weighted by atomic mass is 9.88. The zero-order valence-electron chi connectivity index (χ0n) is 18.7. The Bertz CT molecular complexity index is 970. The van der Waals surface area contributed by atoms with Crippen LogP contribution in [0.25, 0.3) is 0 Å². The van der Waals surface area contributed by atoms with Crippen molar-refractivity contribution in [1.29, 1.82) is 0 Å².